The molecule has 0 unspecified atom stereocenters. The van der Waals surface area contributed by atoms with Crippen LogP contribution in [0.15, 0.2) is 18.2 Å². The summed E-state index contributed by atoms with van der Waals surface area (Å²) in [6.45, 7) is 8.83. The summed E-state index contributed by atoms with van der Waals surface area (Å²) >= 11 is 0. The van der Waals surface area contributed by atoms with E-state index in [0.29, 0.717) is 5.92 Å². The van der Waals surface area contributed by atoms with E-state index in [9.17, 15) is 5.11 Å². The Morgan fingerprint density at radius 2 is 1.83 bits per heavy atom. The number of methoxy groups -OCH3 is 1. The smallest absolute Gasteiger partial charge is 0.122 e. The molecule has 0 amide bonds. The second-order valence-electron chi connectivity index (χ2n) is 7.54. The molecule has 128 valence electrons. The van der Waals surface area contributed by atoms with Crippen LogP contribution in [0.1, 0.15) is 50.3 Å². The van der Waals surface area contributed by atoms with E-state index < -0.39 is 0 Å². The van der Waals surface area contributed by atoms with Crippen LogP contribution < -0.4 is 4.74 Å². The molecule has 3 atom stereocenters. The van der Waals surface area contributed by atoms with Gasteiger partial charge in [0.2, 0.25) is 0 Å². The molecule has 0 bridgehead atoms. The van der Waals surface area contributed by atoms with Gasteiger partial charge in [-0.25, -0.2) is 0 Å². The maximum absolute atomic E-state index is 10.4. The topological polar surface area (TPSA) is 49.7 Å². The van der Waals surface area contributed by atoms with Crippen molar-refractivity contribution in [1.29, 1.82) is 0 Å². The van der Waals surface area contributed by atoms with E-state index in [-0.39, 0.29) is 16.9 Å². The molecule has 2 N–H and O–H groups in total. The first-order valence-corrected chi connectivity index (χ1v) is 8.31. The predicted molar refractivity (Wildman–Crippen MR) is 94.8 cm³/mol. The molecule has 0 radical (unpaired) electrons. The van der Waals surface area contributed by atoms with Gasteiger partial charge in [-0.2, -0.15) is 0 Å². The first-order chi connectivity index (χ1) is 10.8. The third kappa shape index (κ3) is 2.70. The van der Waals surface area contributed by atoms with Gasteiger partial charge in [-0.05, 0) is 59.9 Å². The van der Waals surface area contributed by atoms with Crippen molar-refractivity contribution in [3.05, 3.63) is 34.9 Å². The Kier molecular flexibility index (Phi) is 4.93. The van der Waals surface area contributed by atoms with Crippen molar-refractivity contribution in [3.63, 3.8) is 0 Å². The maximum Gasteiger partial charge on any atom is 0.122 e. The number of aliphatic hydroxyl groups excluding tert-OH is 2. The fourth-order valence-electron chi connectivity index (χ4n) is 4.52. The number of hydrogen-bond donors (Lipinski definition) is 2. The van der Waals surface area contributed by atoms with Crippen LogP contribution in [0.2, 0.25) is 0 Å². The summed E-state index contributed by atoms with van der Waals surface area (Å²) in [7, 11) is 2.74. The quantitative estimate of drug-likeness (QED) is 0.830. The van der Waals surface area contributed by atoms with Crippen molar-refractivity contribution in [2.75, 3.05) is 14.2 Å². The fraction of sp³-hybridized carbons (Fsp3) is 0.600. The van der Waals surface area contributed by atoms with Crippen LogP contribution in [0.25, 0.3) is 6.08 Å². The lowest BCUT2D eigenvalue weighted by Gasteiger charge is -2.54. The first-order valence-electron chi connectivity index (χ1n) is 8.31. The van der Waals surface area contributed by atoms with Gasteiger partial charge in [-0.3, -0.25) is 0 Å². The lowest BCUT2D eigenvalue weighted by molar-refractivity contribution is -0.0482. The Labute approximate surface area is 140 Å². The lowest BCUT2D eigenvalue weighted by Crippen LogP contribution is -2.52. The van der Waals surface area contributed by atoms with Crippen LogP contribution >= 0.6 is 0 Å². The van der Waals surface area contributed by atoms with Crippen LogP contribution in [-0.4, -0.2) is 30.5 Å². The van der Waals surface area contributed by atoms with Crippen LogP contribution in [0.4, 0.5) is 0 Å². The van der Waals surface area contributed by atoms with E-state index in [1.807, 2.05) is 0 Å². The molecule has 0 saturated heterocycles. The zero-order chi connectivity index (χ0) is 17.4. The van der Waals surface area contributed by atoms with Crippen LogP contribution in [0.3, 0.4) is 0 Å². The Bertz CT molecular complexity index is 603. The van der Waals surface area contributed by atoms with Gasteiger partial charge < -0.3 is 14.9 Å². The SMILES string of the molecule is CO.COc1cc2c(cc1C)C=C[C@@H]1C(C)(C)[C@H](O)CC[C@@]21C. The average molecular weight is 318 g/mol. The number of allylic oxidation sites excluding steroid dienone is 1. The monoisotopic (exact) mass is 318 g/mol. The fourth-order valence-corrected chi connectivity index (χ4v) is 4.52. The van der Waals surface area contributed by atoms with E-state index in [0.717, 1.165) is 25.7 Å². The largest absolute Gasteiger partial charge is 0.496 e. The molecule has 0 spiro atoms. The molecule has 3 nitrogen and oxygen atoms in total. The molecular weight excluding hydrogens is 288 g/mol. The number of benzene rings is 1. The summed E-state index contributed by atoms with van der Waals surface area (Å²) in [4.78, 5) is 0. The molecule has 1 fully saturated rings. The van der Waals surface area contributed by atoms with Gasteiger partial charge in [0.1, 0.15) is 5.75 Å². The highest BCUT2D eigenvalue weighted by Crippen LogP contribution is 2.56. The van der Waals surface area contributed by atoms with E-state index in [1.54, 1.807) is 7.11 Å². The van der Waals surface area contributed by atoms with Gasteiger partial charge in [0.05, 0.1) is 13.2 Å². The number of aryl methyl sites for hydroxylation is 1. The lowest BCUT2D eigenvalue weighted by atomic mass is 9.51. The van der Waals surface area contributed by atoms with Crippen LogP contribution in [-0.2, 0) is 5.41 Å². The third-order valence-corrected chi connectivity index (χ3v) is 5.93. The first kappa shape index (κ1) is 18.0. The Balaban J connectivity index is 0.000000924. The summed E-state index contributed by atoms with van der Waals surface area (Å²) in [5.74, 6) is 1.32. The molecule has 2 aliphatic carbocycles. The predicted octanol–water partition coefficient (Wildman–Crippen LogP) is 3.69. The van der Waals surface area contributed by atoms with Crippen molar-refractivity contribution >= 4 is 6.08 Å². The van der Waals surface area contributed by atoms with E-state index >= 15 is 0 Å². The minimum absolute atomic E-state index is 0.0772. The number of aliphatic hydroxyl groups is 2. The van der Waals surface area contributed by atoms with Crippen LogP contribution in [0.5, 0.6) is 5.75 Å². The maximum atomic E-state index is 10.4. The van der Waals surface area contributed by atoms with Gasteiger partial charge in [0.15, 0.2) is 0 Å². The van der Waals surface area contributed by atoms with Gasteiger partial charge in [0, 0.05) is 12.5 Å². The Hall–Kier alpha value is -1.32. The minimum atomic E-state index is -0.228. The second-order valence-corrected chi connectivity index (χ2v) is 7.54. The molecule has 1 aromatic carbocycles. The highest BCUT2D eigenvalue weighted by Gasteiger charge is 2.52. The molecule has 1 aromatic rings. The Morgan fingerprint density at radius 3 is 2.43 bits per heavy atom. The molecule has 0 aliphatic heterocycles. The second kappa shape index (κ2) is 6.29. The van der Waals surface area contributed by atoms with Crippen molar-refractivity contribution in [2.45, 2.75) is 52.1 Å². The van der Waals surface area contributed by atoms with Crippen molar-refractivity contribution in [2.24, 2.45) is 11.3 Å². The van der Waals surface area contributed by atoms with Gasteiger partial charge in [-0.1, -0.05) is 32.9 Å². The molecule has 0 aromatic heterocycles. The summed E-state index contributed by atoms with van der Waals surface area (Å²) in [5.41, 5.74) is 3.84. The summed E-state index contributed by atoms with van der Waals surface area (Å²) in [6.07, 6.45) is 6.20. The molecule has 23 heavy (non-hydrogen) atoms. The zero-order valence-corrected chi connectivity index (χ0v) is 15.2. The van der Waals surface area contributed by atoms with Crippen LogP contribution in [0, 0.1) is 18.3 Å². The van der Waals surface area contributed by atoms with Crippen molar-refractivity contribution < 1.29 is 14.9 Å². The molecule has 1 saturated carbocycles. The third-order valence-electron chi connectivity index (χ3n) is 5.93. The normalized spacial score (nSPS) is 30.6. The molecule has 2 aliphatic rings. The standard InChI is InChI=1S/C19H26O2.CH4O/c1-12-10-13-6-7-16-18(2,3)17(20)8-9-19(16,4)14(13)11-15(12)21-5;1-2/h6-7,10-11,16-17,20H,8-9H2,1-5H3;2H,1H3/t16-,17-,19+;/m1./s1. The van der Waals surface area contributed by atoms with E-state index in [4.69, 9.17) is 9.84 Å². The van der Waals surface area contributed by atoms with Crippen molar-refractivity contribution in [1.82, 2.24) is 0 Å². The van der Waals surface area contributed by atoms with Gasteiger partial charge in [0.25, 0.3) is 0 Å². The summed E-state index contributed by atoms with van der Waals surface area (Å²) < 4.78 is 5.54. The average Bonchev–Trinajstić information content (AvgIpc) is 2.53. The highest BCUT2D eigenvalue weighted by molar-refractivity contribution is 5.64. The van der Waals surface area contributed by atoms with E-state index in [2.05, 4.69) is 52.0 Å². The zero-order valence-electron chi connectivity index (χ0n) is 15.2. The Morgan fingerprint density at radius 1 is 1.17 bits per heavy atom. The summed E-state index contributed by atoms with van der Waals surface area (Å²) in [5, 5.41) is 17.4. The number of fused-ring (bicyclic) bond motifs is 3. The summed E-state index contributed by atoms with van der Waals surface area (Å²) in [6, 6.07) is 4.44. The number of rotatable bonds is 1. The van der Waals surface area contributed by atoms with Crippen molar-refractivity contribution in [3.8, 4) is 5.75 Å². The van der Waals surface area contributed by atoms with E-state index in [1.165, 1.54) is 16.7 Å². The molecular formula is C20H30O3. The highest BCUT2D eigenvalue weighted by atomic mass is 16.5. The minimum Gasteiger partial charge on any atom is -0.496 e. The molecule has 0 heterocycles. The number of hydrogen-bond acceptors (Lipinski definition) is 3. The van der Waals surface area contributed by atoms with Gasteiger partial charge >= 0.3 is 0 Å². The molecule has 3 heteroatoms. The number of ether oxygens (including phenoxy) is 1. The molecule has 3 rings (SSSR count). The van der Waals surface area contributed by atoms with Gasteiger partial charge in [-0.15, -0.1) is 0 Å².